The number of nitrogens with zero attached hydrogens (tertiary/aromatic N) is 1. The molecular weight excluding hydrogens is 229 g/mol. The monoisotopic (exact) mass is 251 g/mol. The van der Waals surface area contributed by atoms with Crippen molar-refractivity contribution in [1.29, 1.82) is 0 Å². The average Bonchev–Trinajstić information content (AvgIpc) is 2.26. The fourth-order valence-electron chi connectivity index (χ4n) is 2.06. The van der Waals surface area contributed by atoms with Gasteiger partial charge in [0.2, 0.25) is 0 Å². The Morgan fingerprint density at radius 2 is 1.72 bits per heavy atom. The Morgan fingerprint density at radius 1 is 1.17 bits per heavy atom. The molecule has 100 valence electrons. The van der Waals surface area contributed by atoms with Crippen molar-refractivity contribution in [2.45, 2.75) is 27.7 Å². The van der Waals surface area contributed by atoms with Crippen molar-refractivity contribution in [2.24, 2.45) is 11.8 Å². The first-order chi connectivity index (χ1) is 8.43. The van der Waals surface area contributed by atoms with Crippen LogP contribution in [0.25, 0.3) is 0 Å². The van der Waals surface area contributed by atoms with Gasteiger partial charge in [-0.05, 0) is 30.0 Å². The van der Waals surface area contributed by atoms with Crippen molar-refractivity contribution in [3.63, 3.8) is 0 Å². The van der Waals surface area contributed by atoms with Crippen LogP contribution in [0.15, 0.2) is 18.2 Å². The molecule has 0 aliphatic heterocycles. The summed E-state index contributed by atoms with van der Waals surface area (Å²) in [5.74, 6) is 0.622. The van der Waals surface area contributed by atoms with Crippen LogP contribution in [0.2, 0.25) is 0 Å². The molecular formula is C15H22FNO. The minimum atomic E-state index is -0.366. The molecule has 18 heavy (non-hydrogen) atoms. The third kappa shape index (κ3) is 4.13. The lowest BCUT2D eigenvalue weighted by molar-refractivity contribution is 0.112. The number of aldehydes is 1. The summed E-state index contributed by atoms with van der Waals surface area (Å²) in [6.07, 6.45) is 0.728. The zero-order valence-corrected chi connectivity index (χ0v) is 11.6. The third-order valence-corrected chi connectivity index (χ3v) is 2.63. The Labute approximate surface area is 109 Å². The minimum absolute atomic E-state index is 0.366. The molecule has 0 heterocycles. The quantitative estimate of drug-likeness (QED) is 0.717. The van der Waals surface area contributed by atoms with Crippen LogP contribution in [-0.2, 0) is 0 Å². The second kappa shape index (κ2) is 6.53. The van der Waals surface area contributed by atoms with E-state index in [0.29, 0.717) is 17.4 Å². The second-order valence-electron chi connectivity index (χ2n) is 5.51. The predicted octanol–water partition coefficient (Wildman–Crippen LogP) is 3.76. The van der Waals surface area contributed by atoms with Gasteiger partial charge in [0, 0.05) is 24.3 Å². The summed E-state index contributed by atoms with van der Waals surface area (Å²) < 4.78 is 13.1. The molecule has 1 aromatic rings. The highest BCUT2D eigenvalue weighted by Crippen LogP contribution is 2.22. The van der Waals surface area contributed by atoms with Gasteiger partial charge in [-0.2, -0.15) is 0 Å². The number of hydrogen-bond acceptors (Lipinski definition) is 2. The topological polar surface area (TPSA) is 20.3 Å². The van der Waals surface area contributed by atoms with Crippen molar-refractivity contribution >= 4 is 12.0 Å². The maximum atomic E-state index is 13.1. The largest absolute Gasteiger partial charge is 0.370 e. The zero-order valence-electron chi connectivity index (χ0n) is 11.6. The van der Waals surface area contributed by atoms with Gasteiger partial charge in [0.25, 0.3) is 0 Å². The van der Waals surface area contributed by atoms with Crippen LogP contribution < -0.4 is 4.90 Å². The van der Waals surface area contributed by atoms with Gasteiger partial charge in [0.15, 0.2) is 6.29 Å². The van der Waals surface area contributed by atoms with E-state index in [0.717, 1.165) is 25.1 Å². The molecule has 0 saturated carbocycles. The maximum absolute atomic E-state index is 13.1. The molecule has 0 radical (unpaired) electrons. The minimum Gasteiger partial charge on any atom is -0.370 e. The van der Waals surface area contributed by atoms with Crippen molar-refractivity contribution < 1.29 is 9.18 Å². The highest BCUT2D eigenvalue weighted by atomic mass is 19.1. The van der Waals surface area contributed by atoms with Crippen molar-refractivity contribution in [2.75, 3.05) is 18.0 Å². The zero-order chi connectivity index (χ0) is 13.7. The van der Waals surface area contributed by atoms with E-state index in [9.17, 15) is 9.18 Å². The number of hydrogen-bond donors (Lipinski definition) is 0. The van der Waals surface area contributed by atoms with Crippen LogP contribution in [0.5, 0.6) is 0 Å². The fraction of sp³-hybridized carbons (Fsp3) is 0.533. The molecule has 0 spiro atoms. The van der Waals surface area contributed by atoms with E-state index in [-0.39, 0.29) is 5.82 Å². The molecule has 0 amide bonds. The molecule has 0 unspecified atom stereocenters. The van der Waals surface area contributed by atoms with E-state index in [1.807, 2.05) is 0 Å². The number of carbonyl (C=O) groups is 1. The van der Waals surface area contributed by atoms with Crippen molar-refractivity contribution in [3.05, 3.63) is 29.6 Å². The Morgan fingerprint density at radius 3 is 2.17 bits per heavy atom. The number of benzene rings is 1. The lowest BCUT2D eigenvalue weighted by Gasteiger charge is -2.29. The molecule has 2 nitrogen and oxygen atoms in total. The van der Waals surface area contributed by atoms with Gasteiger partial charge in [0.1, 0.15) is 5.82 Å². The SMILES string of the molecule is CC(C)CN(CC(C)C)c1ccc(F)cc1C=O. The molecule has 1 rings (SSSR count). The van der Waals surface area contributed by atoms with E-state index in [1.54, 1.807) is 6.07 Å². The first kappa shape index (κ1) is 14.7. The third-order valence-electron chi connectivity index (χ3n) is 2.63. The second-order valence-corrected chi connectivity index (χ2v) is 5.51. The Kier molecular flexibility index (Phi) is 5.32. The number of rotatable bonds is 6. The first-order valence-electron chi connectivity index (χ1n) is 6.43. The summed E-state index contributed by atoms with van der Waals surface area (Å²) >= 11 is 0. The molecule has 3 heteroatoms. The van der Waals surface area contributed by atoms with Crippen LogP contribution in [0.3, 0.4) is 0 Å². The van der Waals surface area contributed by atoms with Gasteiger partial charge in [-0.25, -0.2) is 4.39 Å². The van der Waals surface area contributed by atoms with E-state index >= 15 is 0 Å². The maximum Gasteiger partial charge on any atom is 0.152 e. The molecule has 0 fully saturated rings. The van der Waals surface area contributed by atoms with Gasteiger partial charge in [-0.15, -0.1) is 0 Å². The first-order valence-corrected chi connectivity index (χ1v) is 6.43. The van der Waals surface area contributed by atoms with Crippen LogP contribution in [0.4, 0.5) is 10.1 Å². The van der Waals surface area contributed by atoms with Gasteiger partial charge >= 0.3 is 0 Å². The Hall–Kier alpha value is -1.38. The van der Waals surface area contributed by atoms with Crippen molar-refractivity contribution in [1.82, 2.24) is 0 Å². The summed E-state index contributed by atoms with van der Waals surface area (Å²) in [5.41, 5.74) is 1.25. The summed E-state index contributed by atoms with van der Waals surface area (Å²) in [4.78, 5) is 13.2. The highest BCUT2D eigenvalue weighted by molar-refractivity contribution is 5.84. The standard InChI is InChI=1S/C15H22FNO/c1-11(2)8-17(9-12(3)4)15-6-5-14(16)7-13(15)10-18/h5-7,10-12H,8-9H2,1-4H3. The van der Waals surface area contributed by atoms with E-state index in [2.05, 4.69) is 32.6 Å². The molecule has 0 atom stereocenters. The summed E-state index contributed by atoms with van der Waals surface area (Å²) in [6, 6.07) is 4.41. The van der Waals surface area contributed by atoms with Gasteiger partial charge in [-0.3, -0.25) is 4.79 Å². The smallest absolute Gasteiger partial charge is 0.152 e. The lowest BCUT2D eigenvalue weighted by Crippen LogP contribution is -2.32. The summed E-state index contributed by atoms with van der Waals surface area (Å²) in [5, 5.41) is 0. The Bertz CT molecular complexity index is 391. The molecule has 1 aromatic carbocycles. The predicted molar refractivity (Wildman–Crippen MR) is 73.7 cm³/mol. The van der Waals surface area contributed by atoms with Gasteiger partial charge in [-0.1, -0.05) is 27.7 Å². The fourth-order valence-corrected chi connectivity index (χ4v) is 2.06. The van der Waals surface area contributed by atoms with E-state index in [1.165, 1.54) is 12.1 Å². The van der Waals surface area contributed by atoms with Crippen LogP contribution in [0, 0.1) is 17.7 Å². The van der Waals surface area contributed by atoms with Crippen LogP contribution >= 0.6 is 0 Å². The molecule has 0 N–H and O–H groups in total. The van der Waals surface area contributed by atoms with Gasteiger partial charge < -0.3 is 4.90 Å². The number of carbonyl (C=O) groups excluding carboxylic acids is 1. The molecule has 0 bridgehead atoms. The van der Waals surface area contributed by atoms with Gasteiger partial charge in [0.05, 0.1) is 0 Å². The van der Waals surface area contributed by atoms with Crippen LogP contribution in [-0.4, -0.2) is 19.4 Å². The summed E-state index contributed by atoms with van der Waals surface area (Å²) in [6.45, 7) is 10.3. The number of halogens is 1. The Balaban J connectivity index is 3.06. The summed E-state index contributed by atoms with van der Waals surface area (Å²) in [7, 11) is 0. The average molecular weight is 251 g/mol. The lowest BCUT2D eigenvalue weighted by atomic mass is 10.1. The normalized spacial score (nSPS) is 11.1. The van der Waals surface area contributed by atoms with E-state index in [4.69, 9.17) is 0 Å². The highest BCUT2D eigenvalue weighted by Gasteiger charge is 2.14. The molecule has 0 saturated heterocycles. The molecule has 0 aromatic heterocycles. The van der Waals surface area contributed by atoms with Crippen molar-refractivity contribution in [3.8, 4) is 0 Å². The number of anilines is 1. The van der Waals surface area contributed by atoms with E-state index < -0.39 is 0 Å². The van der Waals surface area contributed by atoms with Crippen LogP contribution in [0.1, 0.15) is 38.1 Å². The molecule has 0 aliphatic carbocycles. The molecule has 0 aliphatic rings.